The second kappa shape index (κ2) is 6.09. The van der Waals surface area contributed by atoms with Gasteiger partial charge in [-0.2, -0.15) is 0 Å². The first-order chi connectivity index (χ1) is 8.70. The fraction of sp³-hybridized carbons (Fsp3) is 0.562. The van der Waals surface area contributed by atoms with Crippen LogP contribution in [0.2, 0.25) is 0 Å². The average Bonchev–Trinajstić information content (AvgIpc) is 2.26. The lowest BCUT2D eigenvalue weighted by Crippen LogP contribution is -2.27. The number of carbonyl (C=O) groups excluding carboxylic acids is 1. The first kappa shape index (κ1) is 15.5. The van der Waals surface area contributed by atoms with Crippen LogP contribution in [0.3, 0.4) is 0 Å². The molecule has 0 aliphatic rings. The van der Waals surface area contributed by atoms with Gasteiger partial charge in [-0.05, 0) is 36.6 Å². The Morgan fingerprint density at radius 3 is 2.42 bits per heavy atom. The van der Waals surface area contributed by atoms with Gasteiger partial charge in [-0.25, -0.2) is 0 Å². The van der Waals surface area contributed by atoms with Gasteiger partial charge in [0.2, 0.25) is 5.91 Å². The number of carbonyl (C=O) groups is 1. The van der Waals surface area contributed by atoms with Crippen molar-refractivity contribution in [2.75, 3.05) is 11.9 Å². The molecule has 0 heterocycles. The van der Waals surface area contributed by atoms with E-state index in [-0.39, 0.29) is 11.3 Å². The second-order valence-electron chi connectivity index (χ2n) is 6.39. The molecule has 0 saturated carbocycles. The summed E-state index contributed by atoms with van der Waals surface area (Å²) in [4.78, 5) is 11.9. The van der Waals surface area contributed by atoms with Crippen molar-refractivity contribution in [3.05, 3.63) is 23.8 Å². The SMILES string of the molecule is Cc1cc(NC(=O)C(C)(C)C)ccc1OCC(C)C. The third-order valence-corrected chi connectivity index (χ3v) is 2.69. The Bertz CT molecular complexity index is 445. The van der Waals surface area contributed by atoms with Gasteiger partial charge in [0.05, 0.1) is 6.61 Å². The summed E-state index contributed by atoms with van der Waals surface area (Å²) >= 11 is 0. The number of ether oxygens (including phenoxy) is 1. The number of amides is 1. The van der Waals surface area contributed by atoms with Gasteiger partial charge < -0.3 is 10.1 Å². The molecule has 19 heavy (non-hydrogen) atoms. The maximum Gasteiger partial charge on any atom is 0.229 e. The van der Waals surface area contributed by atoms with Crippen LogP contribution in [0.1, 0.15) is 40.2 Å². The fourth-order valence-corrected chi connectivity index (χ4v) is 1.46. The largest absolute Gasteiger partial charge is 0.493 e. The third kappa shape index (κ3) is 4.93. The van der Waals surface area contributed by atoms with Gasteiger partial charge >= 0.3 is 0 Å². The van der Waals surface area contributed by atoms with E-state index < -0.39 is 0 Å². The lowest BCUT2D eigenvalue weighted by molar-refractivity contribution is -0.123. The average molecular weight is 263 g/mol. The molecule has 0 bridgehead atoms. The Morgan fingerprint density at radius 1 is 1.32 bits per heavy atom. The summed E-state index contributed by atoms with van der Waals surface area (Å²) in [6, 6.07) is 5.74. The summed E-state index contributed by atoms with van der Waals surface area (Å²) in [5, 5.41) is 2.92. The van der Waals surface area contributed by atoms with Crippen LogP contribution in [0.25, 0.3) is 0 Å². The Kier molecular flexibility index (Phi) is 4.98. The van der Waals surface area contributed by atoms with Gasteiger partial charge in [-0.15, -0.1) is 0 Å². The molecule has 0 atom stereocenters. The van der Waals surface area contributed by atoms with Gasteiger partial charge in [-0.1, -0.05) is 34.6 Å². The van der Waals surface area contributed by atoms with Crippen LogP contribution in [0, 0.1) is 18.3 Å². The van der Waals surface area contributed by atoms with Crippen LogP contribution in [-0.2, 0) is 4.79 Å². The molecule has 0 unspecified atom stereocenters. The normalized spacial score (nSPS) is 11.5. The Morgan fingerprint density at radius 2 is 1.95 bits per heavy atom. The molecular weight excluding hydrogens is 238 g/mol. The van der Waals surface area contributed by atoms with Crippen molar-refractivity contribution in [1.29, 1.82) is 0 Å². The molecule has 106 valence electrons. The monoisotopic (exact) mass is 263 g/mol. The third-order valence-electron chi connectivity index (χ3n) is 2.69. The minimum atomic E-state index is -0.388. The van der Waals surface area contributed by atoms with E-state index in [1.165, 1.54) is 0 Å². The first-order valence-electron chi connectivity index (χ1n) is 6.75. The predicted molar refractivity (Wildman–Crippen MR) is 79.6 cm³/mol. The minimum absolute atomic E-state index is 0.0164. The summed E-state index contributed by atoms with van der Waals surface area (Å²) in [5.74, 6) is 1.39. The topological polar surface area (TPSA) is 38.3 Å². The van der Waals surface area contributed by atoms with E-state index in [0.29, 0.717) is 12.5 Å². The van der Waals surface area contributed by atoms with Gasteiger partial charge in [0.15, 0.2) is 0 Å². The summed E-state index contributed by atoms with van der Waals surface area (Å²) in [6.45, 7) is 12.6. The molecule has 0 radical (unpaired) electrons. The Labute approximate surface area is 116 Å². The van der Waals surface area contributed by atoms with Crippen molar-refractivity contribution >= 4 is 11.6 Å². The van der Waals surface area contributed by atoms with E-state index in [1.807, 2.05) is 45.9 Å². The highest BCUT2D eigenvalue weighted by atomic mass is 16.5. The van der Waals surface area contributed by atoms with E-state index in [4.69, 9.17) is 4.74 Å². The number of nitrogens with one attached hydrogen (secondary N) is 1. The van der Waals surface area contributed by atoms with E-state index in [0.717, 1.165) is 17.0 Å². The van der Waals surface area contributed by atoms with Crippen molar-refractivity contribution in [1.82, 2.24) is 0 Å². The maximum atomic E-state index is 11.9. The van der Waals surface area contributed by atoms with Crippen molar-refractivity contribution in [3.8, 4) is 5.75 Å². The molecule has 1 aromatic carbocycles. The molecule has 1 aromatic rings. The number of hydrogen-bond acceptors (Lipinski definition) is 2. The number of benzene rings is 1. The number of aryl methyl sites for hydroxylation is 1. The second-order valence-corrected chi connectivity index (χ2v) is 6.39. The Balaban J connectivity index is 2.74. The smallest absolute Gasteiger partial charge is 0.229 e. The molecule has 3 nitrogen and oxygen atoms in total. The van der Waals surface area contributed by atoms with Crippen LogP contribution >= 0.6 is 0 Å². The van der Waals surface area contributed by atoms with Crippen molar-refractivity contribution < 1.29 is 9.53 Å². The van der Waals surface area contributed by atoms with E-state index in [2.05, 4.69) is 19.2 Å². The molecule has 3 heteroatoms. The van der Waals surface area contributed by atoms with Gasteiger partial charge in [0, 0.05) is 11.1 Å². The fourth-order valence-electron chi connectivity index (χ4n) is 1.46. The van der Waals surface area contributed by atoms with Crippen molar-refractivity contribution in [2.24, 2.45) is 11.3 Å². The number of anilines is 1. The zero-order chi connectivity index (χ0) is 14.6. The van der Waals surface area contributed by atoms with Crippen LogP contribution in [0.15, 0.2) is 18.2 Å². The summed E-state index contributed by atoms with van der Waals surface area (Å²) in [6.07, 6.45) is 0. The highest BCUT2D eigenvalue weighted by Crippen LogP contribution is 2.24. The van der Waals surface area contributed by atoms with E-state index in [1.54, 1.807) is 0 Å². The standard InChI is InChI=1S/C16H25NO2/c1-11(2)10-19-14-8-7-13(9-12(14)3)17-15(18)16(4,5)6/h7-9,11H,10H2,1-6H3,(H,17,18). The molecule has 0 saturated heterocycles. The van der Waals surface area contributed by atoms with Crippen LogP contribution in [0.4, 0.5) is 5.69 Å². The summed E-state index contributed by atoms with van der Waals surface area (Å²) in [5.41, 5.74) is 1.46. The predicted octanol–water partition coefficient (Wildman–Crippen LogP) is 4.01. The van der Waals surface area contributed by atoms with Crippen molar-refractivity contribution in [3.63, 3.8) is 0 Å². The Hall–Kier alpha value is -1.51. The van der Waals surface area contributed by atoms with E-state index in [9.17, 15) is 4.79 Å². The minimum Gasteiger partial charge on any atom is -0.493 e. The van der Waals surface area contributed by atoms with Crippen LogP contribution < -0.4 is 10.1 Å². The molecule has 1 N–H and O–H groups in total. The highest BCUT2D eigenvalue weighted by Gasteiger charge is 2.21. The first-order valence-corrected chi connectivity index (χ1v) is 6.75. The van der Waals surface area contributed by atoms with Crippen molar-refractivity contribution in [2.45, 2.75) is 41.5 Å². The number of rotatable bonds is 4. The molecule has 0 spiro atoms. The van der Waals surface area contributed by atoms with Gasteiger partial charge in [0.1, 0.15) is 5.75 Å². The number of hydrogen-bond donors (Lipinski definition) is 1. The zero-order valence-corrected chi connectivity index (χ0v) is 12.8. The van der Waals surface area contributed by atoms with Crippen LogP contribution in [0.5, 0.6) is 5.75 Å². The lowest BCUT2D eigenvalue weighted by atomic mass is 9.95. The lowest BCUT2D eigenvalue weighted by Gasteiger charge is -2.18. The highest BCUT2D eigenvalue weighted by molar-refractivity contribution is 5.94. The molecule has 0 fully saturated rings. The molecular formula is C16H25NO2. The molecule has 0 aliphatic carbocycles. The quantitative estimate of drug-likeness (QED) is 0.891. The van der Waals surface area contributed by atoms with Gasteiger partial charge in [-0.3, -0.25) is 4.79 Å². The summed E-state index contributed by atoms with van der Waals surface area (Å²) in [7, 11) is 0. The van der Waals surface area contributed by atoms with E-state index >= 15 is 0 Å². The molecule has 1 amide bonds. The van der Waals surface area contributed by atoms with Gasteiger partial charge in [0.25, 0.3) is 0 Å². The van der Waals surface area contributed by atoms with Crippen LogP contribution in [-0.4, -0.2) is 12.5 Å². The summed E-state index contributed by atoms with van der Waals surface area (Å²) < 4.78 is 5.71. The maximum absolute atomic E-state index is 11.9. The zero-order valence-electron chi connectivity index (χ0n) is 12.8. The molecule has 1 rings (SSSR count). The molecule has 0 aromatic heterocycles. The molecule has 0 aliphatic heterocycles.